The molecule has 0 unspecified atom stereocenters. The highest BCUT2D eigenvalue weighted by Crippen LogP contribution is 2.34. The number of hydrogen-bond acceptors (Lipinski definition) is 3. The molecular formula is C17H14BrClN2O2. The van der Waals surface area contributed by atoms with E-state index in [-0.39, 0.29) is 12.0 Å². The fourth-order valence-electron chi connectivity index (χ4n) is 2.89. The second kappa shape index (κ2) is 5.98. The molecule has 118 valence electrons. The average molecular weight is 394 g/mol. The van der Waals surface area contributed by atoms with Gasteiger partial charge in [-0.1, -0.05) is 27.5 Å². The number of aldehydes is 1. The zero-order valence-corrected chi connectivity index (χ0v) is 15.0. The van der Waals surface area contributed by atoms with Gasteiger partial charge < -0.3 is 14.3 Å². The van der Waals surface area contributed by atoms with Crippen LogP contribution in [0, 0.1) is 0 Å². The molecule has 0 spiro atoms. The molecular weight excluding hydrogens is 380 g/mol. The topological polar surface area (TPSA) is 42.3 Å². The molecule has 0 fully saturated rings. The first-order valence-corrected chi connectivity index (χ1v) is 8.18. The van der Waals surface area contributed by atoms with Crippen LogP contribution in [0.4, 0.5) is 5.69 Å². The molecule has 0 N–H and O–H groups in total. The third-order valence-electron chi connectivity index (χ3n) is 3.81. The number of carbonyl (C=O) groups excluding carboxylic acids is 1. The first kappa shape index (κ1) is 16.0. The molecule has 3 rings (SSSR count). The molecule has 1 heterocycles. The zero-order chi connectivity index (χ0) is 16.7. The van der Waals surface area contributed by atoms with Crippen molar-refractivity contribution in [1.29, 1.82) is 0 Å². The van der Waals surface area contributed by atoms with Gasteiger partial charge in [0.05, 0.1) is 28.3 Å². The maximum atomic E-state index is 12.9. The van der Waals surface area contributed by atoms with Crippen molar-refractivity contribution in [2.45, 2.75) is 6.54 Å². The number of pyridine rings is 1. The van der Waals surface area contributed by atoms with Gasteiger partial charge in [-0.15, -0.1) is 0 Å². The maximum Gasteiger partial charge on any atom is 0.197 e. The van der Waals surface area contributed by atoms with Crippen molar-refractivity contribution in [3.8, 4) is 0 Å². The molecule has 0 amide bonds. The summed E-state index contributed by atoms with van der Waals surface area (Å²) in [7, 11) is 3.73. The van der Waals surface area contributed by atoms with Crippen LogP contribution in [0.2, 0.25) is 5.02 Å². The van der Waals surface area contributed by atoms with Crippen LogP contribution in [0.3, 0.4) is 0 Å². The van der Waals surface area contributed by atoms with Gasteiger partial charge in [-0.3, -0.25) is 4.79 Å². The lowest BCUT2D eigenvalue weighted by Gasteiger charge is -2.21. The normalized spacial score (nSPS) is 11.1. The number of halogens is 2. The van der Waals surface area contributed by atoms with E-state index in [1.807, 2.05) is 35.7 Å². The van der Waals surface area contributed by atoms with Gasteiger partial charge in [-0.05, 0) is 30.3 Å². The Morgan fingerprint density at radius 2 is 1.96 bits per heavy atom. The molecule has 0 aliphatic rings. The van der Waals surface area contributed by atoms with E-state index in [0.29, 0.717) is 26.8 Å². The van der Waals surface area contributed by atoms with E-state index < -0.39 is 0 Å². The molecule has 0 aliphatic carbocycles. The van der Waals surface area contributed by atoms with Crippen LogP contribution in [0.5, 0.6) is 0 Å². The number of rotatable bonds is 3. The molecule has 0 saturated carbocycles. The molecule has 0 atom stereocenters. The lowest BCUT2D eigenvalue weighted by molar-refractivity contribution is -0.108. The predicted octanol–water partition coefficient (Wildman–Crippen LogP) is 3.84. The van der Waals surface area contributed by atoms with E-state index in [4.69, 9.17) is 11.6 Å². The monoisotopic (exact) mass is 392 g/mol. The summed E-state index contributed by atoms with van der Waals surface area (Å²) in [6.45, 7) is 0.149. The summed E-state index contributed by atoms with van der Waals surface area (Å²) in [5.41, 5.74) is 2.05. The van der Waals surface area contributed by atoms with Crippen molar-refractivity contribution >= 4 is 61.3 Å². The molecule has 6 heteroatoms. The van der Waals surface area contributed by atoms with Crippen molar-refractivity contribution in [2.75, 3.05) is 19.0 Å². The number of benzene rings is 2. The third kappa shape index (κ3) is 2.54. The molecule has 23 heavy (non-hydrogen) atoms. The highest BCUT2D eigenvalue weighted by atomic mass is 79.9. The highest BCUT2D eigenvalue weighted by molar-refractivity contribution is 9.10. The number of nitrogens with zero attached hydrogens (tertiary/aromatic N) is 2. The minimum Gasteiger partial charge on any atom is -0.375 e. The van der Waals surface area contributed by atoms with Crippen LogP contribution < -0.4 is 10.3 Å². The zero-order valence-electron chi connectivity index (χ0n) is 12.6. The molecule has 2 aromatic carbocycles. The van der Waals surface area contributed by atoms with Crippen molar-refractivity contribution in [3.05, 3.63) is 50.1 Å². The number of carbonyl (C=O) groups is 1. The largest absolute Gasteiger partial charge is 0.375 e. The SMILES string of the molecule is CN(C)c1c(Cl)ccc2c(=O)c3cc(Br)ccc3n(CC=O)c12. The molecule has 0 radical (unpaired) electrons. The number of anilines is 1. The predicted molar refractivity (Wildman–Crippen MR) is 98.8 cm³/mol. The fraction of sp³-hybridized carbons (Fsp3) is 0.176. The van der Waals surface area contributed by atoms with Gasteiger partial charge in [0.25, 0.3) is 0 Å². The van der Waals surface area contributed by atoms with Crippen LogP contribution in [-0.2, 0) is 11.3 Å². The molecule has 0 saturated heterocycles. The Morgan fingerprint density at radius 3 is 2.61 bits per heavy atom. The van der Waals surface area contributed by atoms with E-state index >= 15 is 0 Å². The van der Waals surface area contributed by atoms with Crippen molar-refractivity contribution in [1.82, 2.24) is 4.57 Å². The second-order valence-electron chi connectivity index (χ2n) is 5.45. The Labute approximate surface area is 146 Å². The summed E-state index contributed by atoms with van der Waals surface area (Å²) in [6, 6.07) is 8.91. The third-order valence-corrected chi connectivity index (χ3v) is 4.61. The smallest absolute Gasteiger partial charge is 0.197 e. The molecule has 4 nitrogen and oxygen atoms in total. The molecule has 0 bridgehead atoms. The van der Waals surface area contributed by atoms with Crippen LogP contribution in [0.15, 0.2) is 39.6 Å². The van der Waals surface area contributed by atoms with Gasteiger partial charge >= 0.3 is 0 Å². The van der Waals surface area contributed by atoms with E-state index in [9.17, 15) is 9.59 Å². The highest BCUT2D eigenvalue weighted by Gasteiger charge is 2.17. The van der Waals surface area contributed by atoms with Gasteiger partial charge in [-0.2, -0.15) is 0 Å². The summed E-state index contributed by atoms with van der Waals surface area (Å²) in [5.74, 6) is 0. The molecule has 1 aromatic heterocycles. The Morgan fingerprint density at radius 1 is 1.22 bits per heavy atom. The lowest BCUT2D eigenvalue weighted by Crippen LogP contribution is -2.17. The summed E-state index contributed by atoms with van der Waals surface area (Å²) in [5, 5.41) is 1.66. The summed E-state index contributed by atoms with van der Waals surface area (Å²) in [6.07, 6.45) is 0.825. The molecule has 0 aliphatic heterocycles. The van der Waals surface area contributed by atoms with E-state index in [1.165, 1.54) is 0 Å². The standard InChI is InChI=1S/C17H14BrClN2O2/c1-20(2)16-13(19)5-4-11-15(16)21(7-8-22)14-6-3-10(18)9-12(14)17(11)23/h3-6,8-9H,7H2,1-2H3. The Balaban J connectivity index is 2.66. The first-order valence-electron chi connectivity index (χ1n) is 7.01. The summed E-state index contributed by atoms with van der Waals surface area (Å²) in [4.78, 5) is 26.0. The Bertz CT molecular complexity index is 995. The minimum atomic E-state index is -0.0711. The van der Waals surface area contributed by atoms with Crippen molar-refractivity contribution in [2.24, 2.45) is 0 Å². The van der Waals surface area contributed by atoms with E-state index in [1.54, 1.807) is 18.2 Å². The lowest BCUT2D eigenvalue weighted by atomic mass is 10.1. The van der Waals surface area contributed by atoms with Crippen LogP contribution in [0.25, 0.3) is 21.8 Å². The van der Waals surface area contributed by atoms with Crippen LogP contribution in [0.1, 0.15) is 0 Å². The quantitative estimate of drug-likeness (QED) is 0.501. The number of aromatic nitrogens is 1. The van der Waals surface area contributed by atoms with Crippen LogP contribution in [-0.4, -0.2) is 24.9 Å². The first-order chi connectivity index (χ1) is 11.0. The number of hydrogen-bond donors (Lipinski definition) is 0. The number of fused-ring (bicyclic) bond motifs is 2. The van der Waals surface area contributed by atoms with Gasteiger partial charge in [0.15, 0.2) is 5.43 Å². The minimum absolute atomic E-state index is 0.0711. The van der Waals surface area contributed by atoms with Crippen molar-refractivity contribution < 1.29 is 4.79 Å². The van der Waals surface area contributed by atoms with E-state index in [0.717, 1.165) is 16.4 Å². The van der Waals surface area contributed by atoms with Gasteiger partial charge in [-0.25, -0.2) is 0 Å². The maximum absolute atomic E-state index is 12.9. The van der Waals surface area contributed by atoms with Crippen molar-refractivity contribution in [3.63, 3.8) is 0 Å². The van der Waals surface area contributed by atoms with Gasteiger partial charge in [0, 0.05) is 29.3 Å². The van der Waals surface area contributed by atoms with Crippen LogP contribution >= 0.6 is 27.5 Å². The molecule has 3 aromatic rings. The summed E-state index contributed by atoms with van der Waals surface area (Å²) >= 11 is 9.74. The average Bonchev–Trinajstić information content (AvgIpc) is 2.50. The fourth-order valence-corrected chi connectivity index (χ4v) is 3.57. The van der Waals surface area contributed by atoms with Gasteiger partial charge in [0.1, 0.15) is 6.29 Å². The second-order valence-corrected chi connectivity index (χ2v) is 6.78. The summed E-state index contributed by atoms with van der Waals surface area (Å²) < 4.78 is 2.66. The van der Waals surface area contributed by atoms with E-state index in [2.05, 4.69) is 15.9 Å². The van der Waals surface area contributed by atoms with Gasteiger partial charge in [0.2, 0.25) is 0 Å². The Hall–Kier alpha value is -1.85. The Kier molecular flexibility index (Phi) is 4.17.